The van der Waals surface area contributed by atoms with Crippen LogP contribution in [0.25, 0.3) is 10.4 Å². The molecule has 3 aromatic rings. The van der Waals surface area contributed by atoms with E-state index in [1.165, 1.54) is 24.0 Å². The number of nitrogens with one attached hydrogen (secondary N) is 1. The van der Waals surface area contributed by atoms with E-state index < -0.39 is 10.7 Å². The summed E-state index contributed by atoms with van der Waals surface area (Å²) in [6.45, 7) is 7.00. The van der Waals surface area contributed by atoms with Crippen molar-refractivity contribution >= 4 is 34.3 Å². The van der Waals surface area contributed by atoms with Crippen LogP contribution in [0.2, 0.25) is 5.02 Å². The van der Waals surface area contributed by atoms with Crippen molar-refractivity contribution in [3.05, 3.63) is 57.3 Å². The first-order valence-electron chi connectivity index (χ1n) is 6.58. The van der Waals surface area contributed by atoms with Crippen molar-refractivity contribution < 1.29 is 9.66 Å². The van der Waals surface area contributed by atoms with Gasteiger partial charge in [-0.2, -0.15) is 5.10 Å². The normalized spacial score (nSPS) is 10.4. The molecule has 9 nitrogen and oxygen atoms in total. The summed E-state index contributed by atoms with van der Waals surface area (Å²) in [5.74, 6) is 0.137. The molecule has 1 N–H and O–H groups in total. The van der Waals surface area contributed by atoms with Crippen LogP contribution in [0, 0.1) is 16.7 Å². The van der Waals surface area contributed by atoms with Crippen LogP contribution in [-0.4, -0.2) is 26.6 Å². The average Bonchev–Trinajstić information content (AvgIpc) is 2.98. The van der Waals surface area contributed by atoms with Crippen molar-refractivity contribution in [2.24, 2.45) is 0 Å². The summed E-state index contributed by atoms with van der Waals surface area (Å²) < 4.78 is 7.19. The number of hydrogen-bond donors (Lipinski definition) is 1. The Labute approximate surface area is 140 Å². The average molecular weight is 345 g/mol. The quantitative estimate of drug-likeness (QED) is 0.440. The monoisotopic (exact) mass is 344 g/mol. The zero-order valence-corrected chi connectivity index (χ0v) is 13.0. The summed E-state index contributed by atoms with van der Waals surface area (Å²) in [5, 5.41) is 17.8. The smallest absolute Gasteiger partial charge is 0.388 e. The summed E-state index contributed by atoms with van der Waals surface area (Å²) >= 11 is 6.17. The van der Waals surface area contributed by atoms with Gasteiger partial charge in [-0.25, -0.2) is 9.36 Å². The van der Waals surface area contributed by atoms with E-state index in [1.807, 2.05) is 0 Å². The highest BCUT2D eigenvalue weighted by atomic mass is 35.5. The highest BCUT2D eigenvalue weighted by molar-refractivity contribution is 6.35. The number of aromatic nitrogens is 3. The van der Waals surface area contributed by atoms with Crippen LogP contribution >= 0.6 is 11.6 Å². The van der Waals surface area contributed by atoms with Gasteiger partial charge in [0, 0.05) is 13.2 Å². The Morgan fingerprint density at radius 1 is 1.42 bits per heavy atom. The Balaban J connectivity index is 2.03. The van der Waals surface area contributed by atoms with Gasteiger partial charge in [0.25, 0.3) is 0 Å². The molecule has 0 spiro atoms. The minimum Gasteiger partial charge on any atom is -0.448 e. The summed E-state index contributed by atoms with van der Waals surface area (Å²) in [6.07, 6.45) is 4.20. The first-order valence-corrected chi connectivity index (χ1v) is 6.96. The Hall–Kier alpha value is -3.38. The van der Waals surface area contributed by atoms with Crippen LogP contribution in [0.3, 0.4) is 0 Å². The summed E-state index contributed by atoms with van der Waals surface area (Å²) in [7, 11) is 1.50. The second kappa shape index (κ2) is 6.02. The number of anilines is 1. The summed E-state index contributed by atoms with van der Waals surface area (Å²) in [6, 6.07) is 3.31. The number of nitro groups is 1. The van der Waals surface area contributed by atoms with Crippen molar-refractivity contribution in [1.82, 2.24) is 14.6 Å². The zero-order chi connectivity index (χ0) is 17.3. The van der Waals surface area contributed by atoms with Gasteiger partial charge in [0.2, 0.25) is 5.69 Å². The fraction of sp³-hybridized carbons (Fsp3) is 0.0714. The zero-order valence-electron chi connectivity index (χ0n) is 12.2. The van der Waals surface area contributed by atoms with Gasteiger partial charge in [-0.05, 0) is 16.0 Å². The number of pyridine rings is 2. The van der Waals surface area contributed by atoms with Gasteiger partial charge >= 0.3 is 5.82 Å². The first-order chi connectivity index (χ1) is 11.5. The molecule has 0 aliphatic rings. The molecule has 0 fully saturated rings. The highest BCUT2D eigenvalue weighted by Crippen LogP contribution is 2.39. The number of nitrogens with zero attached hydrogens (tertiary/aromatic N) is 5. The van der Waals surface area contributed by atoms with Gasteiger partial charge in [-0.15, -0.1) is 0 Å². The van der Waals surface area contributed by atoms with Crippen molar-refractivity contribution in [3.8, 4) is 11.5 Å². The van der Waals surface area contributed by atoms with Gasteiger partial charge in [0.1, 0.15) is 10.5 Å². The van der Waals surface area contributed by atoms with E-state index in [1.54, 1.807) is 18.3 Å². The van der Waals surface area contributed by atoms with E-state index in [0.717, 1.165) is 0 Å². The number of halogens is 1. The lowest BCUT2D eigenvalue weighted by atomic mass is 10.3. The molecule has 3 rings (SSSR count). The molecular weight excluding hydrogens is 336 g/mol. The van der Waals surface area contributed by atoms with E-state index in [9.17, 15) is 10.1 Å². The lowest BCUT2D eigenvalue weighted by Gasteiger charge is -2.08. The largest absolute Gasteiger partial charge is 0.448 e. The first kappa shape index (κ1) is 15.5. The maximum atomic E-state index is 11.0. The summed E-state index contributed by atoms with van der Waals surface area (Å²) in [4.78, 5) is 17.4. The minimum absolute atomic E-state index is 0.0383. The topological polar surface area (TPSA) is 99.0 Å². The lowest BCUT2D eigenvalue weighted by Crippen LogP contribution is -2.01. The second-order valence-electron chi connectivity index (χ2n) is 4.58. The summed E-state index contributed by atoms with van der Waals surface area (Å²) in [5.41, 5.74) is 1.11. The Kier molecular flexibility index (Phi) is 3.89. The molecule has 24 heavy (non-hydrogen) atoms. The molecule has 0 bridgehead atoms. The van der Waals surface area contributed by atoms with Crippen molar-refractivity contribution in [1.29, 1.82) is 0 Å². The van der Waals surface area contributed by atoms with Crippen LogP contribution in [-0.2, 0) is 0 Å². The predicted molar refractivity (Wildman–Crippen MR) is 87.0 cm³/mol. The molecule has 3 heterocycles. The van der Waals surface area contributed by atoms with Crippen LogP contribution < -0.4 is 10.1 Å². The fourth-order valence-electron chi connectivity index (χ4n) is 2.11. The van der Waals surface area contributed by atoms with E-state index in [4.69, 9.17) is 22.9 Å². The fourth-order valence-corrected chi connectivity index (χ4v) is 2.37. The van der Waals surface area contributed by atoms with Gasteiger partial charge in [-0.1, -0.05) is 17.7 Å². The van der Waals surface area contributed by atoms with Gasteiger partial charge in [0.05, 0.1) is 12.8 Å². The van der Waals surface area contributed by atoms with Gasteiger partial charge < -0.3 is 20.2 Å². The number of ether oxygens (including phenoxy) is 1. The molecule has 0 amide bonds. The van der Waals surface area contributed by atoms with E-state index >= 15 is 0 Å². The molecule has 0 saturated carbocycles. The molecular formula is C14H9ClN6O3. The molecule has 0 saturated heterocycles. The molecule has 0 aliphatic heterocycles. The van der Waals surface area contributed by atoms with Gasteiger partial charge in [-0.3, -0.25) is 0 Å². The van der Waals surface area contributed by atoms with Crippen LogP contribution in [0.5, 0.6) is 11.5 Å². The van der Waals surface area contributed by atoms with Crippen molar-refractivity contribution in [2.75, 3.05) is 12.4 Å². The third kappa shape index (κ3) is 2.55. The number of fused-ring (bicyclic) bond motifs is 1. The number of rotatable bonds is 4. The van der Waals surface area contributed by atoms with Gasteiger partial charge in [0.15, 0.2) is 23.4 Å². The van der Waals surface area contributed by atoms with Crippen LogP contribution in [0.1, 0.15) is 0 Å². The number of hydrogen-bond acceptors (Lipinski definition) is 6. The predicted octanol–water partition coefficient (Wildman–Crippen LogP) is 3.68. The third-order valence-electron chi connectivity index (χ3n) is 3.20. The SMILES string of the molecule is [C-]#[N+]c1ccc2c(Oc3cnc([N+](=O)[O-])c(NC)c3Cl)cnn2c1. The van der Waals surface area contributed by atoms with Crippen LogP contribution in [0.15, 0.2) is 30.7 Å². The van der Waals surface area contributed by atoms with E-state index in [-0.39, 0.29) is 16.5 Å². The third-order valence-corrected chi connectivity index (χ3v) is 3.58. The highest BCUT2D eigenvalue weighted by Gasteiger charge is 2.23. The standard InChI is InChI=1S/C14H9ClN6O3/c1-16-8-3-4-9-10(6-19-20(9)7-8)24-11-5-18-14(21(22)23)13(17-2)12(11)15/h3-7,17H,2H3. The minimum atomic E-state index is -0.636. The molecule has 10 heteroatoms. The molecule has 3 aromatic heterocycles. The van der Waals surface area contributed by atoms with E-state index in [2.05, 4.69) is 20.2 Å². The Bertz CT molecular complexity index is 994. The van der Waals surface area contributed by atoms with Crippen LogP contribution in [0.4, 0.5) is 17.2 Å². The maximum Gasteiger partial charge on any atom is 0.388 e. The molecule has 120 valence electrons. The van der Waals surface area contributed by atoms with Crippen molar-refractivity contribution in [2.45, 2.75) is 0 Å². The maximum absolute atomic E-state index is 11.0. The Morgan fingerprint density at radius 2 is 2.21 bits per heavy atom. The molecule has 0 aromatic carbocycles. The van der Waals surface area contributed by atoms with Crippen molar-refractivity contribution in [3.63, 3.8) is 0 Å². The van der Waals surface area contributed by atoms with E-state index in [0.29, 0.717) is 17.0 Å². The molecule has 0 unspecified atom stereocenters. The molecule has 0 radical (unpaired) electrons. The second-order valence-corrected chi connectivity index (χ2v) is 4.96. The lowest BCUT2D eigenvalue weighted by molar-refractivity contribution is -0.388. The molecule has 0 aliphatic carbocycles. The molecule has 0 atom stereocenters. The Morgan fingerprint density at radius 3 is 2.88 bits per heavy atom.